The number of phosphoric acid groups is 2. The Kier molecular flexibility index (Phi) is 27.8. The van der Waals surface area contributed by atoms with Crippen molar-refractivity contribution in [2.45, 2.75) is 64.7 Å². The van der Waals surface area contributed by atoms with Crippen LogP contribution in [0.1, 0.15) is 87.6 Å². The van der Waals surface area contributed by atoms with E-state index in [9.17, 15) is 62.2 Å². The second-order valence-electron chi connectivity index (χ2n) is 19.7. The summed E-state index contributed by atoms with van der Waals surface area (Å²) < 4.78 is 83.5. The lowest BCUT2D eigenvalue weighted by Gasteiger charge is -2.21. The Hall–Kier alpha value is -8.76. The SMILES string of the molecule is CC/N=C1/C=C(Oc2cc(NCC)ccc2Cc2cc(C(=O)NCCNC(=O)c3cccc(OCC(N=[N+]=[N-])OCCOCC(=O)NCC#Cc4cn([C@H]5C[C@@H](OCN=[N+]=[N-])[C@@H](COP(=O)(O)OP(=O)(O)OP(C)(=O)O)O5)c(=O)[nH]c4=O)c3)ccc2C(=O)O)CC=C1C. The van der Waals surface area contributed by atoms with E-state index in [0.29, 0.717) is 48.8 Å². The first-order chi connectivity index (χ1) is 44.3. The molecule has 1 aliphatic carbocycles. The number of H-pyrrole nitrogens is 1. The van der Waals surface area contributed by atoms with Crippen molar-refractivity contribution in [1.82, 2.24) is 25.5 Å². The predicted molar refractivity (Wildman–Crippen MR) is 330 cm³/mol. The first kappa shape index (κ1) is 73.3. The Morgan fingerprint density at radius 2 is 1.68 bits per heavy atom. The number of azide groups is 2. The first-order valence-corrected chi connectivity index (χ1v) is 33.1. The van der Waals surface area contributed by atoms with E-state index in [1.165, 1.54) is 30.3 Å². The molecular weight excluding hydrogens is 1290 g/mol. The summed E-state index contributed by atoms with van der Waals surface area (Å²) in [6.07, 6.45) is 0.347. The highest BCUT2D eigenvalue weighted by Crippen LogP contribution is 2.66. The molecule has 4 unspecified atom stereocenters. The number of anilines is 1. The second-order valence-corrected chi connectivity index (χ2v) is 24.8. The third kappa shape index (κ3) is 24.0. The number of allylic oxidation sites excluding steroid dienone is 3. The number of nitrogens with one attached hydrogen (secondary N) is 5. The highest BCUT2D eigenvalue weighted by Gasteiger charge is 2.43. The van der Waals surface area contributed by atoms with E-state index < -0.39 is 103 Å². The van der Waals surface area contributed by atoms with Crippen LogP contribution in [0.2, 0.25) is 0 Å². The standard InChI is InChI=1S/C55H66N13O22P3/c1-5-58-40-15-13-35(45(26-40)87-42-16-12-34(3)44(27-42)59-6-2)23-39-24-37(14-17-43(39)54(73)74)52(71)62-20-19-61-51(70)36-9-7-11-41(25-36)84-32-49(65-67-57)83-22-21-82-31-48(69)60-18-8-10-38-29-68(55(75)64-53(38)72)50-28-46(85-33-63-66-56)47(88-50)30-86-92(78,79)90-93(80,81)89-91(4,76)77/h7,9,11-15,17,24-27,29,46-47,49-50,58H,5-6,16,18-23,28,30-33H2,1-4H3,(H,60,69)(H,61,70)(H,62,71)(H,73,74)(H,76,77)(H,78,79)(H,80,81)(H,64,72,75)/b59-44-/t46-,47-,49?,50-/m1/s1. The number of ether oxygens (including phenoxy) is 6. The summed E-state index contributed by atoms with van der Waals surface area (Å²) in [5.41, 5.74) is 19.7. The van der Waals surface area contributed by atoms with Gasteiger partial charge in [0.15, 0.2) is 6.23 Å². The summed E-state index contributed by atoms with van der Waals surface area (Å²) in [6.45, 7) is 4.73. The summed E-state index contributed by atoms with van der Waals surface area (Å²) in [6, 6.07) is 15.9. The van der Waals surface area contributed by atoms with Crippen LogP contribution in [0.15, 0.2) is 115 Å². The number of aliphatic imine (C=N–C) groups is 1. The molecule has 1 saturated heterocycles. The molecule has 498 valence electrons. The molecule has 9 N–H and O–H groups in total. The van der Waals surface area contributed by atoms with Crippen LogP contribution in [0.4, 0.5) is 5.69 Å². The monoisotopic (exact) mass is 1350 g/mol. The molecule has 1 fully saturated rings. The number of hydrogen-bond acceptors (Lipinski definition) is 22. The van der Waals surface area contributed by atoms with Crippen LogP contribution in [-0.2, 0) is 57.0 Å². The van der Waals surface area contributed by atoms with Crippen molar-refractivity contribution in [2.75, 3.05) is 84.5 Å². The second kappa shape index (κ2) is 35.3. The van der Waals surface area contributed by atoms with Gasteiger partial charge in [0.2, 0.25) is 5.91 Å². The molecule has 35 nitrogen and oxygen atoms in total. The minimum absolute atomic E-state index is 0.00951. The molecule has 3 amide bonds. The minimum atomic E-state index is -5.62. The lowest BCUT2D eigenvalue weighted by molar-refractivity contribution is -0.126. The Bertz CT molecular complexity index is 3920. The molecule has 0 saturated carbocycles. The number of phosphoric ester groups is 1. The van der Waals surface area contributed by atoms with Crippen molar-refractivity contribution in [2.24, 2.45) is 15.2 Å². The molecule has 93 heavy (non-hydrogen) atoms. The maximum Gasteiger partial charge on any atom is 0.488 e. The largest absolute Gasteiger partial charge is 0.491 e. The van der Waals surface area contributed by atoms with E-state index in [0.717, 1.165) is 27.7 Å². The van der Waals surface area contributed by atoms with Crippen LogP contribution < -0.4 is 42.0 Å². The van der Waals surface area contributed by atoms with Gasteiger partial charge in [-0.05, 0) is 91.0 Å². The number of nitrogens with zero attached hydrogens (tertiary/aromatic N) is 8. The molecule has 0 spiro atoms. The summed E-state index contributed by atoms with van der Waals surface area (Å²) in [4.78, 5) is 118. The number of aromatic nitrogens is 2. The van der Waals surface area contributed by atoms with E-state index >= 15 is 0 Å². The number of carbonyl (C=O) groups excluding carboxylic acids is 3. The number of hydrogen-bond donors (Lipinski definition) is 9. The molecule has 3 aromatic carbocycles. The number of aromatic carboxylic acids is 1. The average Bonchev–Trinajstić information content (AvgIpc) is 1.82. The summed E-state index contributed by atoms with van der Waals surface area (Å²) in [5.74, 6) is 3.61. The van der Waals surface area contributed by atoms with E-state index in [1.54, 1.807) is 12.1 Å². The number of benzene rings is 3. The summed E-state index contributed by atoms with van der Waals surface area (Å²) in [7, 11) is -15.8. The quantitative estimate of drug-likeness (QED) is 0.00664. The number of carboxylic acids is 1. The van der Waals surface area contributed by atoms with E-state index in [1.807, 2.05) is 56.1 Å². The van der Waals surface area contributed by atoms with Crippen molar-refractivity contribution >= 4 is 58.3 Å². The average molecular weight is 1350 g/mol. The van der Waals surface area contributed by atoms with Crippen LogP contribution in [0, 0.1) is 11.8 Å². The molecule has 1 aliphatic heterocycles. The third-order valence-electron chi connectivity index (χ3n) is 12.8. The fourth-order valence-corrected chi connectivity index (χ4v) is 12.2. The van der Waals surface area contributed by atoms with Crippen molar-refractivity contribution in [3.63, 3.8) is 0 Å². The molecule has 2 aliphatic rings. The van der Waals surface area contributed by atoms with Gasteiger partial charge >= 0.3 is 34.9 Å². The molecule has 0 bridgehead atoms. The van der Waals surface area contributed by atoms with E-state index in [4.69, 9.17) is 44.0 Å². The van der Waals surface area contributed by atoms with Crippen molar-refractivity contribution < 1.29 is 94.2 Å². The molecular formula is C55H66N13O22P3. The Balaban J connectivity index is 0.925. The lowest BCUT2D eigenvalue weighted by atomic mass is 9.96. The van der Waals surface area contributed by atoms with E-state index in [-0.39, 0.29) is 80.3 Å². The Labute approximate surface area is 529 Å². The number of carboxylic acid groups (broad SMARTS) is 1. The van der Waals surface area contributed by atoms with Crippen molar-refractivity contribution in [1.29, 1.82) is 0 Å². The van der Waals surface area contributed by atoms with Gasteiger partial charge in [-0.3, -0.25) is 42.8 Å². The van der Waals surface area contributed by atoms with Crippen LogP contribution in [0.25, 0.3) is 20.9 Å². The minimum Gasteiger partial charge on any atom is -0.491 e. The van der Waals surface area contributed by atoms with Crippen LogP contribution in [0.3, 0.4) is 0 Å². The Morgan fingerprint density at radius 1 is 0.925 bits per heavy atom. The van der Waals surface area contributed by atoms with Gasteiger partial charge in [-0.25, -0.2) is 23.0 Å². The number of aromatic amines is 1. The van der Waals surface area contributed by atoms with Gasteiger partial charge in [0.1, 0.15) is 55.1 Å². The molecule has 38 heteroatoms. The van der Waals surface area contributed by atoms with E-state index in [2.05, 4.69) is 66.8 Å². The lowest BCUT2D eigenvalue weighted by Crippen LogP contribution is -2.34. The van der Waals surface area contributed by atoms with Gasteiger partial charge in [0.25, 0.3) is 17.4 Å². The number of amides is 3. The maximum absolute atomic E-state index is 13.4. The summed E-state index contributed by atoms with van der Waals surface area (Å²) >= 11 is 0. The zero-order valence-electron chi connectivity index (χ0n) is 50.3. The van der Waals surface area contributed by atoms with Gasteiger partial charge < -0.3 is 69.5 Å². The fourth-order valence-electron chi connectivity index (χ4n) is 8.67. The van der Waals surface area contributed by atoms with Gasteiger partial charge in [0.05, 0.1) is 43.7 Å². The zero-order chi connectivity index (χ0) is 67.7. The third-order valence-corrected chi connectivity index (χ3v) is 16.9. The highest BCUT2D eigenvalue weighted by molar-refractivity contribution is 7.68. The molecule has 7 atom stereocenters. The van der Waals surface area contributed by atoms with Crippen LogP contribution >= 0.6 is 23.2 Å². The van der Waals surface area contributed by atoms with Crippen LogP contribution in [-0.4, -0.2) is 156 Å². The van der Waals surface area contributed by atoms with Crippen molar-refractivity contribution in [3.05, 3.63) is 165 Å². The predicted octanol–water partition coefficient (Wildman–Crippen LogP) is 5.71. The highest BCUT2D eigenvalue weighted by atomic mass is 31.3. The zero-order valence-corrected chi connectivity index (χ0v) is 53.0. The molecule has 0 radical (unpaired) electrons. The molecule has 2 heterocycles. The topological polar surface area (TPSA) is 496 Å². The van der Waals surface area contributed by atoms with Crippen molar-refractivity contribution in [3.8, 4) is 23.3 Å². The molecule has 6 rings (SSSR count). The molecule has 4 aromatic rings. The van der Waals surface area contributed by atoms with Gasteiger partial charge in [-0.1, -0.05) is 40.3 Å². The number of rotatable bonds is 35. The smallest absolute Gasteiger partial charge is 0.488 e. The van der Waals surface area contributed by atoms with Gasteiger partial charge in [0, 0.05) is 97.1 Å². The Morgan fingerprint density at radius 3 is 2.38 bits per heavy atom. The first-order valence-electron chi connectivity index (χ1n) is 28.1. The molecule has 1 aromatic heterocycles. The maximum atomic E-state index is 13.4. The fraction of sp³-hybridized carbons (Fsp3) is 0.400. The van der Waals surface area contributed by atoms with Gasteiger partial charge in [-0.2, -0.15) is 4.31 Å². The number of carbonyl (C=O) groups is 4. The normalized spacial score (nSPS) is 17.8. The van der Waals surface area contributed by atoms with Crippen LogP contribution in [0.5, 0.6) is 11.5 Å². The summed E-state index contributed by atoms with van der Waals surface area (Å²) in [5, 5.41) is 28.1. The van der Waals surface area contributed by atoms with Gasteiger partial charge in [-0.15, -0.1) is 0 Å².